The van der Waals surface area contributed by atoms with Crippen LogP contribution in [0, 0.1) is 0 Å². The van der Waals surface area contributed by atoms with E-state index in [1.807, 2.05) is 29.2 Å². The van der Waals surface area contributed by atoms with Gasteiger partial charge in [0.05, 0.1) is 0 Å². The molecule has 0 fully saturated rings. The van der Waals surface area contributed by atoms with Crippen LogP contribution >= 0.6 is 0 Å². The fourth-order valence-corrected chi connectivity index (χ4v) is 1.31. The van der Waals surface area contributed by atoms with Gasteiger partial charge in [0.1, 0.15) is 0 Å². The minimum atomic E-state index is -0.252. The Bertz CT molecular complexity index is 216. The predicted molar refractivity (Wildman–Crippen MR) is 49.5 cm³/mol. The van der Waals surface area contributed by atoms with E-state index in [0.29, 0.717) is 0 Å². The van der Waals surface area contributed by atoms with Gasteiger partial charge < -0.3 is 14.5 Å². The molecule has 1 aliphatic rings. The minimum Gasteiger partial charge on any atom is -0.423 e. The molecule has 0 aromatic rings. The van der Waals surface area contributed by atoms with Gasteiger partial charge >= 0.3 is 5.97 Å². The number of carbonyl (C=O) groups excluding carboxylic acids is 1. The highest BCUT2D eigenvalue weighted by atomic mass is 16.6. The van der Waals surface area contributed by atoms with Gasteiger partial charge in [0.15, 0.2) is 0 Å². The average molecular weight is 184 g/mol. The van der Waals surface area contributed by atoms with Crippen LogP contribution < -0.4 is 0 Å². The van der Waals surface area contributed by atoms with Crippen LogP contribution in [-0.4, -0.2) is 35.7 Å². The Balaban J connectivity index is 2.53. The van der Waals surface area contributed by atoms with E-state index in [0.717, 1.165) is 13.0 Å². The van der Waals surface area contributed by atoms with Gasteiger partial charge in [-0.15, -0.1) is 0 Å². The molecule has 1 aliphatic heterocycles. The van der Waals surface area contributed by atoms with Crippen LogP contribution in [0.4, 0.5) is 0 Å². The first-order valence-corrected chi connectivity index (χ1v) is 4.48. The second-order valence-corrected chi connectivity index (χ2v) is 3.14. The van der Waals surface area contributed by atoms with E-state index in [2.05, 4.69) is 6.92 Å². The molecular formula is C9H16N2O2. The molecule has 0 bridgehead atoms. The highest BCUT2D eigenvalue weighted by molar-refractivity contribution is 5.66. The van der Waals surface area contributed by atoms with Crippen molar-refractivity contribution >= 4 is 5.97 Å². The molecule has 0 spiro atoms. The first-order valence-electron chi connectivity index (χ1n) is 4.48. The van der Waals surface area contributed by atoms with Gasteiger partial charge in [0, 0.05) is 32.9 Å². The molecule has 0 N–H and O–H groups in total. The number of esters is 1. The zero-order chi connectivity index (χ0) is 9.84. The molecule has 13 heavy (non-hydrogen) atoms. The minimum absolute atomic E-state index is 0.248. The van der Waals surface area contributed by atoms with Crippen LogP contribution in [0.2, 0.25) is 0 Å². The summed E-state index contributed by atoms with van der Waals surface area (Å²) in [6, 6.07) is 0. The number of carbonyl (C=O) groups is 1. The lowest BCUT2D eigenvalue weighted by atomic mass is 10.4. The summed E-state index contributed by atoms with van der Waals surface area (Å²) < 4.78 is 5.14. The Hall–Kier alpha value is -1.19. The fraction of sp³-hybridized carbons (Fsp3) is 0.667. The monoisotopic (exact) mass is 184 g/mol. The summed E-state index contributed by atoms with van der Waals surface area (Å²) >= 11 is 0. The fourth-order valence-electron chi connectivity index (χ4n) is 1.31. The van der Waals surface area contributed by atoms with Crippen LogP contribution in [0.15, 0.2) is 12.4 Å². The van der Waals surface area contributed by atoms with Crippen molar-refractivity contribution in [2.24, 2.45) is 0 Å². The Kier molecular flexibility index (Phi) is 3.17. The Morgan fingerprint density at radius 1 is 1.54 bits per heavy atom. The Labute approximate surface area is 78.8 Å². The predicted octanol–water partition coefficient (Wildman–Crippen LogP) is 0.962. The van der Waals surface area contributed by atoms with E-state index in [1.165, 1.54) is 6.92 Å². The second-order valence-electron chi connectivity index (χ2n) is 3.14. The van der Waals surface area contributed by atoms with E-state index in [9.17, 15) is 4.79 Å². The largest absolute Gasteiger partial charge is 0.423 e. The van der Waals surface area contributed by atoms with Gasteiger partial charge in [-0.05, 0) is 6.42 Å². The number of hydrogen-bond donors (Lipinski definition) is 0. The zero-order valence-corrected chi connectivity index (χ0v) is 8.36. The lowest BCUT2D eigenvalue weighted by molar-refractivity contribution is -0.164. The Morgan fingerprint density at radius 3 is 2.77 bits per heavy atom. The van der Waals surface area contributed by atoms with Crippen molar-refractivity contribution in [3.63, 3.8) is 0 Å². The number of nitrogens with zero attached hydrogens (tertiary/aromatic N) is 2. The second kappa shape index (κ2) is 4.16. The first-order chi connectivity index (χ1) is 6.15. The summed E-state index contributed by atoms with van der Waals surface area (Å²) in [4.78, 5) is 14.7. The molecule has 0 saturated heterocycles. The van der Waals surface area contributed by atoms with Gasteiger partial charge in [0.25, 0.3) is 6.35 Å². The average Bonchev–Trinajstić information content (AvgIpc) is 2.36. The molecule has 1 atom stereocenters. The normalized spacial score (nSPS) is 21.0. The van der Waals surface area contributed by atoms with Crippen molar-refractivity contribution in [1.29, 1.82) is 0 Å². The van der Waals surface area contributed by atoms with Crippen molar-refractivity contribution in [3.8, 4) is 0 Å². The molecule has 0 radical (unpaired) electrons. The van der Waals surface area contributed by atoms with Crippen molar-refractivity contribution in [1.82, 2.24) is 9.80 Å². The Morgan fingerprint density at radius 2 is 2.23 bits per heavy atom. The van der Waals surface area contributed by atoms with Crippen molar-refractivity contribution in [2.75, 3.05) is 13.6 Å². The summed E-state index contributed by atoms with van der Waals surface area (Å²) in [5.74, 6) is -0.248. The maximum Gasteiger partial charge on any atom is 0.305 e. The van der Waals surface area contributed by atoms with Gasteiger partial charge in [-0.2, -0.15) is 0 Å². The molecule has 74 valence electrons. The zero-order valence-electron chi connectivity index (χ0n) is 8.36. The van der Waals surface area contributed by atoms with Gasteiger partial charge in [-0.3, -0.25) is 4.79 Å². The van der Waals surface area contributed by atoms with Crippen LogP contribution in [0.25, 0.3) is 0 Å². The summed E-state index contributed by atoms with van der Waals surface area (Å²) in [6.45, 7) is 4.42. The van der Waals surface area contributed by atoms with Gasteiger partial charge in [-0.25, -0.2) is 0 Å². The lowest BCUT2D eigenvalue weighted by Crippen LogP contribution is -2.40. The van der Waals surface area contributed by atoms with Crippen LogP contribution in [-0.2, 0) is 9.53 Å². The summed E-state index contributed by atoms with van der Waals surface area (Å²) in [5, 5.41) is 0. The third-order valence-corrected chi connectivity index (χ3v) is 1.88. The van der Waals surface area contributed by atoms with Gasteiger partial charge in [0.2, 0.25) is 0 Å². The smallest absolute Gasteiger partial charge is 0.305 e. The van der Waals surface area contributed by atoms with E-state index < -0.39 is 0 Å². The van der Waals surface area contributed by atoms with Crippen LogP contribution in [0.3, 0.4) is 0 Å². The highest BCUT2D eigenvalue weighted by Crippen LogP contribution is 2.15. The lowest BCUT2D eigenvalue weighted by Gasteiger charge is -2.28. The molecule has 0 aromatic heterocycles. The van der Waals surface area contributed by atoms with E-state index in [-0.39, 0.29) is 12.3 Å². The van der Waals surface area contributed by atoms with Crippen LogP contribution in [0.5, 0.6) is 0 Å². The number of ether oxygens (including phenoxy) is 1. The molecule has 0 aromatic carbocycles. The maximum atomic E-state index is 10.8. The van der Waals surface area contributed by atoms with Crippen molar-refractivity contribution in [3.05, 3.63) is 12.4 Å². The third kappa shape index (κ3) is 2.37. The molecule has 4 heteroatoms. The molecular weight excluding hydrogens is 168 g/mol. The summed E-state index contributed by atoms with van der Waals surface area (Å²) in [5.41, 5.74) is 0. The summed E-state index contributed by atoms with van der Waals surface area (Å²) in [7, 11) is 1.89. The van der Waals surface area contributed by atoms with Gasteiger partial charge in [-0.1, -0.05) is 6.92 Å². The third-order valence-electron chi connectivity index (χ3n) is 1.88. The van der Waals surface area contributed by atoms with Crippen LogP contribution in [0.1, 0.15) is 20.3 Å². The standard InChI is InChI=1S/C9H16N2O2/c1-4-5-11-7-6-10(3)9(11)13-8(2)12/h6-7,9H,4-5H2,1-3H3. The molecule has 0 saturated carbocycles. The molecule has 1 heterocycles. The topological polar surface area (TPSA) is 32.8 Å². The molecule has 0 aliphatic carbocycles. The number of rotatable bonds is 3. The molecule has 1 rings (SSSR count). The van der Waals surface area contributed by atoms with E-state index >= 15 is 0 Å². The summed E-state index contributed by atoms with van der Waals surface area (Å²) in [6.07, 6.45) is 4.63. The SMILES string of the molecule is CCCN1C=CN(C)C1OC(C)=O. The maximum absolute atomic E-state index is 10.8. The molecule has 1 unspecified atom stereocenters. The first kappa shape index (κ1) is 9.89. The van der Waals surface area contributed by atoms with Crippen molar-refractivity contribution < 1.29 is 9.53 Å². The number of hydrogen-bond acceptors (Lipinski definition) is 4. The van der Waals surface area contributed by atoms with E-state index in [1.54, 1.807) is 0 Å². The van der Waals surface area contributed by atoms with E-state index in [4.69, 9.17) is 4.74 Å². The quantitative estimate of drug-likeness (QED) is 0.612. The van der Waals surface area contributed by atoms with Crippen molar-refractivity contribution in [2.45, 2.75) is 26.6 Å². The molecule has 0 amide bonds. The highest BCUT2D eigenvalue weighted by Gasteiger charge is 2.25. The molecule has 4 nitrogen and oxygen atoms in total.